The Hall–Kier alpha value is -2.97. The minimum absolute atomic E-state index is 0.0983. The highest BCUT2D eigenvalue weighted by molar-refractivity contribution is 5.80. The summed E-state index contributed by atoms with van der Waals surface area (Å²) >= 11 is 0. The first-order chi connectivity index (χ1) is 14.1. The highest BCUT2D eigenvalue weighted by Gasteiger charge is 2.24. The molecule has 2 N–H and O–H groups in total. The Morgan fingerprint density at radius 2 is 1.93 bits per heavy atom. The second kappa shape index (κ2) is 9.49. The van der Waals surface area contributed by atoms with Crippen LogP contribution >= 0.6 is 0 Å². The summed E-state index contributed by atoms with van der Waals surface area (Å²) in [6, 6.07) is 3.82. The molecule has 9 heteroatoms. The van der Waals surface area contributed by atoms with Crippen LogP contribution in [0.1, 0.15) is 36.1 Å². The van der Waals surface area contributed by atoms with E-state index >= 15 is 0 Å². The molecule has 1 aliphatic rings. The van der Waals surface area contributed by atoms with Gasteiger partial charge < -0.3 is 24.8 Å². The number of hydrogen-bond acceptors (Lipinski definition) is 6. The monoisotopic (exact) mass is 402 g/mol. The van der Waals surface area contributed by atoms with Gasteiger partial charge in [-0.3, -0.25) is 4.99 Å². The van der Waals surface area contributed by atoms with Crippen LogP contribution in [0.4, 0.5) is 0 Å². The van der Waals surface area contributed by atoms with Crippen molar-refractivity contribution in [1.29, 1.82) is 0 Å². The molecule has 1 aromatic carbocycles. The number of rotatable bonds is 7. The quantitative estimate of drug-likeness (QED) is 0.539. The largest absolute Gasteiger partial charge is 0.496 e. The van der Waals surface area contributed by atoms with Crippen LogP contribution in [0.5, 0.6) is 17.2 Å². The van der Waals surface area contributed by atoms with Crippen LogP contribution < -0.4 is 24.8 Å². The molecule has 2 aromatic rings. The molecule has 0 saturated heterocycles. The molecule has 0 bridgehead atoms. The van der Waals surface area contributed by atoms with Gasteiger partial charge in [0.1, 0.15) is 28.9 Å². The summed E-state index contributed by atoms with van der Waals surface area (Å²) in [5.41, 5.74) is 0.979. The lowest BCUT2D eigenvalue weighted by Crippen LogP contribution is -2.42. The van der Waals surface area contributed by atoms with E-state index in [9.17, 15) is 0 Å². The fourth-order valence-electron chi connectivity index (χ4n) is 3.59. The molecular weight excluding hydrogens is 372 g/mol. The lowest BCUT2D eigenvalue weighted by atomic mass is 10.1. The van der Waals surface area contributed by atoms with Gasteiger partial charge in [-0.2, -0.15) is 5.10 Å². The van der Waals surface area contributed by atoms with Crippen LogP contribution in [0.15, 0.2) is 17.1 Å². The number of hydrogen-bond donors (Lipinski definition) is 2. The van der Waals surface area contributed by atoms with E-state index in [1.165, 1.54) is 0 Å². The molecule has 29 heavy (non-hydrogen) atoms. The van der Waals surface area contributed by atoms with E-state index in [2.05, 4.69) is 25.7 Å². The van der Waals surface area contributed by atoms with Gasteiger partial charge in [-0.25, -0.2) is 9.67 Å². The Bertz CT molecular complexity index is 839. The predicted octanol–water partition coefficient (Wildman–Crippen LogP) is 1.85. The molecule has 158 valence electrons. The molecule has 1 unspecified atom stereocenters. The third-order valence-electron chi connectivity index (χ3n) is 5.00. The van der Waals surface area contributed by atoms with Gasteiger partial charge in [0.2, 0.25) is 0 Å². The van der Waals surface area contributed by atoms with Crippen LogP contribution in [-0.4, -0.2) is 55.6 Å². The molecule has 0 fully saturated rings. The standard InChI is InChI=1S/C20H30N6O3/c1-13-23-19-16(7-6-10-26(19)25-13)24-20(21-2)22-9-8-15-17(28-4)11-14(27-3)12-18(15)29-5/h11-12,16H,6-10H2,1-5H3,(H2,21,22,24). The van der Waals surface area contributed by atoms with E-state index in [4.69, 9.17) is 14.2 Å². The van der Waals surface area contributed by atoms with Gasteiger partial charge in [0.15, 0.2) is 5.96 Å². The van der Waals surface area contributed by atoms with Gasteiger partial charge in [-0.05, 0) is 26.2 Å². The third kappa shape index (κ3) is 4.72. The van der Waals surface area contributed by atoms with Crippen molar-refractivity contribution in [2.45, 2.75) is 38.8 Å². The highest BCUT2D eigenvalue weighted by atomic mass is 16.5. The van der Waals surface area contributed by atoms with Crippen LogP contribution in [0.2, 0.25) is 0 Å². The zero-order valence-corrected chi connectivity index (χ0v) is 17.8. The first kappa shape index (κ1) is 20.8. The van der Waals surface area contributed by atoms with E-state index in [0.29, 0.717) is 18.7 Å². The number of methoxy groups -OCH3 is 3. The number of benzene rings is 1. The lowest BCUT2D eigenvalue weighted by Gasteiger charge is -2.25. The summed E-state index contributed by atoms with van der Waals surface area (Å²) in [6.45, 7) is 3.50. The first-order valence-corrected chi connectivity index (χ1v) is 9.77. The molecule has 0 saturated carbocycles. The molecule has 0 radical (unpaired) electrons. The van der Waals surface area contributed by atoms with Crippen molar-refractivity contribution in [3.05, 3.63) is 29.3 Å². The van der Waals surface area contributed by atoms with Crippen molar-refractivity contribution < 1.29 is 14.2 Å². The zero-order valence-electron chi connectivity index (χ0n) is 17.8. The average Bonchev–Trinajstić information content (AvgIpc) is 3.13. The highest BCUT2D eigenvalue weighted by Crippen LogP contribution is 2.34. The van der Waals surface area contributed by atoms with Crippen LogP contribution in [-0.2, 0) is 13.0 Å². The molecule has 1 atom stereocenters. The van der Waals surface area contributed by atoms with Crippen LogP contribution in [0.3, 0.4) is 0 Å². The van der Waals surface area contributed by atoms with E-state index < -0.39 is 0 Å². The number of fused-ring (bicyclic) bond motifs is 1. The number of aryl methyl sites for hydroxylation is 2. The second-order valence-electron chi connectivity index (χ2n) is 6.84. The normalized spacial score (nSPS) is 16.2. The number of nitrogens with one attached hydrogen (secondary N) is 2. The predicted molar refractivity (Wildman–Crippen MR) is 111 cm³/mol. The van der Waals surface area contributed by atoms with Crippen molar-refractivity contribution in [3.8, 4) is 17.2 Å². The average molecular weight is 402 g/mol. The van der Waals surface area contributed by atoms with Gasteiger partial charge in [0, 0.05) is 37.8 Å². The zero-order chi connectivity index (χ0) is 20.8. The fourth-order valence-corrected chi connectivity index (χ4v) is 3.59. The maximum absolute atomic E-state index is 5.53. The number of ether oxygens (including phenoxy) is 3. The molecule has 1 aliphatic heterocycles. The molecule has 1 aromatic heterocycles. The van der Waals surface area contributed by atoms with E-state index in [0.717, 1.165) is 54.1 Å². The van der Waals surface area contributed by atoms with Gasteiger partial charge in [0.05, 0.1) is 27.4 Å². The van der Waals surface area contributed by atoms with E-state index in [1.54, 1.807) is 28.4 Å². The molecule has 3 rings (SSSR count). The topological polar surface area (TPSA) is 94.8 Å². The van der Waals surface area contributed by atoms with Crippen molar-refractivity contribution in [1.82, 2.24) is 25.4 Å². The minimum Gasteiger partial charge on any atom is -0.496 e. The summed E-state index contributed by atoms with van der Waals surface area (Å²) in [6.07, 6.45) is 2.76. The molecule has 0 amide bonds. The summed E-state index contributed by atoms with van der Waals surface area (Å²) in [7, 11) is 6.68. The molecule has 0 aliphatic carbocycles. The summed E-state index contributed by atoms with van der Waals surface area (Å²) in [5, 5.41) is 11.3. The van der Waals surface area contributed by atoms with Gasteiger partial charge >= 0.3 is 0 Å². The maximum atomic E-state index is 5.53. The van der Waals surface area contributed by atoms with E-state index in [1.807, 2.05) is 23.7 Å². The van der Waals surface area contributed by atoms with Crippen molar-refractivity contribution in [3.63, 3.8) is 0 Å². The van der Waals surface area contributed by atoms with Gasteiger partial charge in [-0.1, -0.05) is 0 Å². The Morgan fingerprint density at radius 1 is 1.21 bits per heavy atom. The second-order valence-corrected chi connectivity index (χ2v) is 6.84. The van der Waals surface area contributed by atoms with E-state index in [-0.39, 0.29) is 6.04 Å². The molecule has 0 spiro atoms. The Labute approximate surface area is 171 Å². The van der Waals surface area contributed by atoms with Crippen molar-refractivity contribution in [2.75, 3.05) is 34.9 Å². The minimum atomic E-state index is 0.0983. The molecule has 2 heterocycles. The van der Waals surface area contributed by atoms with Crippen molar-refractivity contribution >= 4 is 5.96 Å². The van der Waals surface area contributed by atoms with Crippen LogP contribution in [0.25, 0.3) is 0 Å². The maximum Gasteiger partial charge on any atom is 0.191 e. The Morgan fingerprint density at radius 3 is 2.55 bits per heavy atom. The third-order valence-corrected chi connectivity index (χ3v) is 5.00. The number of aromatic nitrogens is 3. The van der Waals surface area contributed by atoms with Gasteiger partial charge in [-0.15, -0.1) is 0 Å². The fraction of sp³-hybridized carbons (Fsp3) is 0.550. The molecule has 9 nitrogen and oxygen atoms in total. The summed E-state index contributed by atoms with van der Waals surface area (Å²) < 4.78 is 18.3. The van der Waals surface area contributed by atoms with Crippen molar-refractivity contribution in [2.24, 2.45) is 4.99 Å². The summed E-state index contributed by atoms with van der Waals surface area (Å²) in [4.78, 5) is 8.93. The smallest absolute Gasteiger partial charge is 0.191 e. The number of nitrogens with zero attached hydrogens (tertiary/aromatic N) is 4. The van der Waals surface area contributed by atoms with Gasteiger partial charge in [0.25, 0.3) is 0 Å². The number of guanidine groups is 1. The summed E-state index contributed by atoms with van der Waals surface area (Å²) in [5.74, 6) is 4.68. The SMILES string of the molecule is CN=C(NCCc1c(OC)cc(OC)cc1OC)NC1CCCn2nc(C)nc21. The Kier molecular flexibility index (Phi) is 6.79. The number of aliphatic imine (C=N–C) groups is 1. The molecular formula is C20H30N6O3. The Balaban J connectivity index is 1.64. The first-order valence-electron chi connectivity index (χ1n) is 9.77. The van der Waals surface area contributed by atoms with Crippen LogP contribution in [0, 0.1) is 6.92 Å². The lowest BCUT2D eigenvalue weighted by molar-refractivity contribution is 0.368.